The summed E-state index contributed by atoms with van der Waals surface area (Å²) in [4.78, 5) is 0. The van der Waals surface area contributed by atoms with Crippen LogP contribution in [0, 0.1) is 11.8 Å². The van der Waals surface area contributed by atoms with E-state index in [4.69, 9.17) is 10.0 Å². The van der Waals surface area contributed by atoms with Gasteiger partial charge < -0.3 is 0 Å². The van der Waals surface area contributed by atoms with Gasteiger partial charge in [-0.15, -0.1) is 0 Å². The quantitative estimate of drug-likeness (QED) is 0.680. The Kier molecular flexibility index (Phi) is 6.11. The summed E-state index contributed by atoms with van der Waals surface area (Å²) in [6.45, 7) is 11.8. The van der Waals surface area contributed by atoms with Gasteiger partial charge in [-0.05, 0) is 0 Å². The third-order valence-electron chi connectivity index (χ3n) is 2.56. The van der Waals surface area contributed by atoms with Crippen molar-refractivity contribution in [1.29, 1.82) is 0 Å². The minimum atomic E-state index is -1.81. The van der Waals surface area contributed by atoms with Crippen molar-refractivity contribution in [2.45, 2.75) is 34.1 Å². The Hall–Kier alpha value is 0.350. The van der Waals surface area contributed by atoms with Gasteiger partial charge in [-0.25, -0.2) is 0 Å². The molecule has 0 heterocycles. The summed E-state index contributed by atoms with van der Waals surface area (Å²) < 4.78 is 5.81. The van der Waals surface area contributed by atoms with E-state index >= 15 is 0 Å². The van der Waals surface area contributed by atoms with Crippen LogP contribution in [0.15, 0.2) is 0 Å². The van der Waals surface area contributed by atoms with Gasteiger partial charge in [0.2, 0.25) is 0 Å². The zero-order valence-corrected chi connectivity index (χ0v) is 10.8. The Balaban J connectivity index is 3.73. The number of hydrogen-bond donors (Lipinski definition) is 1. The minimum absolute atomic E-state index is 0.618. The molecule has 0 rings (SSSR count). The molecule has 0 aromatic carbocycles. The molecule has 0 saturated carbocycles. The summed E-state index contributed by atoms with van der Waals surface area (Å²) >= 11 is 0. The monoisotopic (exact) mass is 207 g/mol. The van der Waals surface area contributed by atoms with E-state index in [0.717, 1.165) is 19.2 Å². The van der Waals surface area contributed by atoms with Crippen LogP contribution in [-0.2, 0) is 4.52 Å². The van der Waals surface area contributed by atoms with Gasteiger partial charge in [-0.2, -0.15) is 0 Å². The van der Waals surface area contributed by atoms with Crippen LogP contribution in [0.25, 0.3) is 0 Å². The second kappa shape index (κ2) is 5.95. The first kappa shape index (κ1) is 13.4. The molecule has 1 atom stereocenters. The van der Waals surface area contributed by atoms with E-state index in [1.54, 1.807) is 0 Å². The van der Waals surface area contributed by atoms with Crippen LogP contribution in [-0.4, -0.2) is 19.4 Å². The van der Waals surface area contributed by atoms with E-state index in [0.29, 0.717) is 11.8 Å². The molecule has 0 fully saturated rings. The van der Waals surface area contributed by atoms with E-state index in [9.17, 15) is 0 Å². The first-order chi connectivity index (χ1) is 5.89. The molecule has 2 nitrogen and oxygen atoms in total. The van der Waals surface area contributed by atoms with Crippen molar-refractivity contribution in [3.8, 4) is 0 Å². The fourth-order valence-electron chi connectivity index (χ4n) is 1.08. The van der Waals surface area contributed by atoms with Crippen molar-refractivity contribution >= 4 is 7.64 Å². The van der Waals surface area contributed by atoms with Gasteiger partial charge in [0.25, 0.3) is 0 Å². The third kappa shape index (κ3) is 6.42. The zero-order valence-electron chi connectivity index (χ0n) is 9.76. The molecule has 2 N–H and O–H groups in total. The van der Waals surface area contributed by atoms with Gasteiger partial charge in [-0.1, -0.05) is 0 Å². The third-order valence-corrected chi connectivity index (χ3v) is 4.88. The van der Waals surface area contributed by atoms with Crippen LogP contribution in [0.2, 0.25) is 0 Å². The van der Waals surface area contributed by atoms with E-state index in [-0.39, 0.29) is 0 Å². The zero-order chi connectivity index (χ0) is 10.5. The molecular weight excluding hydrogens is 181 g/mol. The molecule has 0 aromatic rings. The standard InChI is InChI=1S/C10H26NOP/c1-6-7-13(5,11)12-8-10(4)9(2)3/h9-10,13H,6-8,11H2,1-5H3/t10-/m0/s1. The Morgan fingerprint density at radius 1 is 1.31 bits per heavy atom. The summed E-state index contributed by atoms with van der Waals surface area (Å²) in [5.74, 6) is 1.30. The van der Waals surface area contributed by atoms with E-state index < -0.39 is 7.64 Å². The molecule has 0 unspecified atom stereocenters. The Morgan fingerprint density at radius 3 is 2.23 bits per heavy atom. The molecule has 0 amide bonds. The topological polar surface area (TPSA) is 35.2 Å². The molecule has 0 spiro atoms. The van der Waals surface area contributed by atoms with Crippen molar-refractivity contribution in [2.24, 2.45) is 17.3 Å². The molecule has 82 valence electrons. The van der Waals surface area contributed by atoms with Gasteiger partial charge in [0.05, 0.1) is 0 Å². The van der Waals surface area contributed by atoms with Crippen LogP contribution in [0.3, 0.4) is 0 Å². The molecule has 0 bridgehead atoms. The summed E-state index contributed by atoms with van der Waals surface area (Å²) in [5, 5.41) is 0. The normalized spacial score (nSPS) is 16.2. The van der Waals surface area contributed by atoms with E-state index in [2.05, 4.69) is 34.4 Å². The number of rotatable bonds is 6. The second-order valence-electron chi connectivity index (χ2n) is 4.59. The number of hydrogen-bond acceptors (Lipinski definition) is 2. The van der Waals surface area contributed by atoms with E-state index in [1.807, 2.05) is 0 Å². The Bertz CT molecular complexity index is 137. The van der Waals surface area contributed by atoms with Gasteiger partial charge in [0.15, 0.2) is 0 Å². The Morgan fingerprint density at radius 2 is 1.85 bits per heavy atom. The van der Waals surface area contributed by atoms with Gasteiger partial charge in [0.1, 0.15) is 0 Å². The average molecular weight is 207 g/mol. The molecule has 0 aliphatic heterocycles. The predicted molar refractivity (Wildman–Crippen MR) is 63.5 cm³/mol. The molecule has 0 radical (unpaired) electrons. The van der Waals surface area contributed by atoms with Crippen molar-refractivity contribution in [1.82, 2.24) is 0 Å². The molecule has 0 aliphatic rings. The van der Waals surface area contributed by atoms with Crippen LogP contribution >= 0.6 is 7.64 Å². The summed E-state index contributed by atoms with van der Waals surface area (Å²) in [5.41, 5.74) is 6.09. The van der Waals surface area contributed by atoms with Crippen LogP contribution in [0.1, 0.15) is 34.1 Å². The average Bonchev–Trinajstić information content (AvgIpc) is 2.00. The summed E-state index contributed by atoms with van der Waals surface area (Å²) in [7, 11) is -1.81. The summed E-state index contributed by atoms with van der Waals surface area (Å²) in [6.07, 6.45) is 2.20. The molecule has 3 heteroatoms. The van der Waals surface area contributed by atoms with Crippen LogP contribution < -0.4 is 5.50 Å². The Labute approximate surface area is 83.7 Å². The first-order valence-electron chi connectivity index (χ1n) is 5.32. The first-order valence-corrected chi connectivity index (χ1v) is 8.01. The molecule has 0 aliphatic carbocycles. The molecule has 13 heavy (non-hydrogen) atoms. The van der Waals surface area contributed by atoms with Crippen molar-refractivity contribution < 1.29 is 4.52 Å². The van der Waals surface area contributed by atoms with E-state index in [1.165, 1.54) is 0 Å². The maximum absolute atomic E-state index is 6.09. The molecule has 0 aromatic heterocycles. The van der Waals surface area contributed by atoms with Crippen LogP contribution in [0.4, 0.5) is 0 Å². The van der Waals surface area contributed by atoms with Crippen molar-refractivity contribution in [3.63, 3.8) is 0 Å². The summed E-state index contributed by atoms with van der Waals surface area (Å²) in [6, 6.07) is 0. The maximum atomic E-state index is 6.09. The van der Waals surface area contributed by atoms with Gasteiger partial charge in [-0.3, -0.25) is 0 Å². The second-order valence-corrected chi connectivity index (χ2v) is 8.01. The van der Waals surface area contributed by atoms with Gasteiger partial charge >= 0.3 is 83.1 Å². The van der Waals surface area contributed by atoms with Crippen LogP contribution in [0.5, 0.6) is 0 Å². The number of nitrogens with two attached hydrogens (primary N) is 1. The SMILES string of the molecule is CCC[PH](C)(N)OC[C@H](C)C(C)C. The fraction of sp³-hybridized carbons (Fsp3) is 1.00. The fourth-order valence-corrected chi connectivity index (χ4v) is 2.86. The van der Waals surface area contributed by atoms with Gasteiger partial charge in [0, 0.05) is 0 Å². The predicted octanol–water partition coefficient (Wildman–Crippen LogP) is 2.87. The van der Waals surface area contributed by atoms with Crippen molar-refractivity contribution in [2.75, 3.05) is 19.4 Å². The molecule has 0 saturated heterocycles. The molecular formula is C10H26NOP. The van der Waals surface area contributed by atoms with Crippen molar-refractivity contribution in [3.05, 3.63) is 0 Å².